The number of esters is 1. The number of nitrogens with one attached hydrogen (secondary N) is 2. The van der Waals surface area contributed by atoms with Crippen LogP contribution in [0.4, 0.5) is 5.69 Å². The van der Waals surface area contributed by atoms with Gasteiger partial charge >= 0.3 is 5.97 Å². The highest BCUT2D eigenvalue weighted by Crippen LogP contribution is 2.08. The van der Waals surface area contributed by atoms with Crippen LogP contribution in [-0.2, 0) is 4.74 Å². The Kier molecular flexibility index (Phi) is 3.38. The second kappa shape index (κ2) is 5.13. The minimum absolute atomic E-state index is 0.230. The monoisotopic (exact) mass is 245 g/mol. The molecule has 0 bridgehead atoms. The van der Waals surface area contributed by atoms with E-state index < -0.39 is 5.97 Å². The van der Waals surface area contributed by atoms with Gasteiger partial charge in [0.2, 0.25) is 0 Å². The number of carbonyl (C=O) groups excluding carboxylic acids is 2. The molecule has 0 atom stereocenters. The Bertz CT molecular complexity index is 563. The summed E-state index contributed by atoms with van der Waals surface area (Å²) in [6.07, 6.45) is 3.14. The van der Waals surface area contributed by atoms with Gasteiger partial charge in [-0.2, -0.15) is 0 Å². The van der Waals surface area contributed by atoms with E-state index in [9.17, 15) is 9.59 Å². The molecule has 0 saturated heterocycles. The summed E-state index contributed by atoms with van der Waals surface area (Å²) in [6.45, 7) is 0. The number of methoxy groups -OCH3 is 1. The summed E-state index contributed by atoms with van der Waals surface area (Å²) in [6, 6.07) is 6.43. The molecule has 6 nitrogen and oxygen atoms in total. The number of anilines is 1. The number of carbonyl (C=O) groups is 2. The Labute approximate surface area is 103 Å². The molecule has 2 heterocycles. The van der Waals surface area contributed by atoms with Crippen molar-refractivity contribution in [3.8, 4) is 0 Å². The number of aromatic nitrogens is 2. The summed E-state index contributed by atoms with van der Waals surface area (Å²) in [5.41, 5.74) is 1.09. The molecule has 2 rings (SSSR count). The number of ether oxygens (including phenoxy) is 1. The Balaban J connectivity index is 2.10. The van der Waals surface area contributed by atoms with Gasteiger partial charge in [0.15, 0.2) is 0 Å². The minimum Gasteiger partial charge on any atom is -0.464 e. The van der Waals surface area contributed by atoms with Crippen molar-refractivity contribution in [3.63, 3.8) is 0 Å². The average Bonchev–Trinajstić information content (AvgIpc) is 2.88. The Morgan fingerprint density at radius 1 is 1.28 bits per heavy atom. The van der Waals surface area contributed by atoms with E-state index in [1.807, 2.05) is 0 Å². The average molecular weight is 245 g/mol. The van der Waals surface area contributed by atoms with Crippen LogP contribution in [0.25, 0.3) is 0 Å². The summed E-state index contributed by atoms with van der Waals surface area (Å²) in [5, 5.41) is 2.64. The highest BCUT2D eigenvalue weighted by atomic mass is 16.5. The normalized spacial score (nSPS) is 9.83. The molecule has 6 heteroatoms. The van der Waals surface area contributed by atoms with Crippen molar-refractivity contribution in [2.45, 2.75) is 0 Å². The molecule has 2 aromatic rings. The van der Waals surface area contributed by atoms with E-state index in [4.69, 9.17) is 0 Å². The smallest absolute Gasteiger partial charge is 0.354 e. The van der Waals surface area contributed by atoms with Crippen LogP contribution >= 0.6 is 0 Å². The van der Waals surface area contributed by atoms with Gasteiger partial charge in [-0.1, -0.05) is 0 Å². The highest BCUT2D eigenvalue weighted by Gasteiger charge is 2.12. The topological polar surface area (TPSA) is 84.1 Å². The van der Waals surface area contributed by atoms with Crippen molar-refractivity contribution < 1.29 is 14.3 Å². The zero-order valence-corrected chi connectivity index (χ0v) is 9.64. The highest BCUT2D eigenvalue weighted by molar-refractivity contribution is 6.03. The molecular weight excluding hydrogens is 234 g/mol. The first-order chi connectivity index (χ1) is 8.70. The zero-order chi connectivity index (χ0) is 13.0. The van der Waals surface area contributed by atoms with Gasteiger partial charge in [0.1, 0.15) is 11.4 Å². The maximum Gasteiger partial charge on any atom is 0.354 e. The van der Waals surface area contributed by atoms with E-state index >= 15 is 0 Å². The van der Waals surface area contributed by atoms with Crippen LogP contribution in [0.5, 0.6) is 0 Å². The van der Waals surface area contributed by atoms with Crippen molar-refractivity contribution in [2.75, 3.05) is 12.4 Å². The van der Waals surface area contributed by atoms with Crippen molar-refractivity contribution >= 4 is 17.6 Å². The van der Waals surface area contributed by atoms with Crippen molar-refractivity contribution in [2.24, 2.45) is 0 Å². The standard InChI is InChI=1S/C12H11N3O3/c1-18-12(17)10-5-4-9(15-10)11(16)14-8-3-2-6-13-7-8/h2-7,15H,1H3,(H,14,16). The van der Waals surface area contributed by atoms with Gasteiger partial charge in [-0.15, -0.1) is 0 Å². The molecule has 2 N–H and O–H groups in total. The first kappa shape index (κ1) is 11.8. The third-order valence-electron chi connectivity index (χ3n) is 2.26. The van der Waals surface area contributed by atoms with E-state index in [-0.39, 0.29) is 17.3 Å². The van der Waals surface area contributed by atoms with Gasteiger partial charge in [0.25, 0.3) is 5.91 Å². The van der Waals surface area contributed by atoms with E-state index in [0.717, 1.165) is 0 Å². The first-order valence-electron chi connectivity index (χ1n) is 5.19. The number of amides is 1. The van der Waals surface area contributed by atoms with Crippen molar-refractivity contribution in [1.82, 2.24) is 9.97 Å². The Morgan fingerprint density at radius 2 is 2.06 bits per heavy atom. The summed E-state index contributed by atoms with van der Waals surface area (Å²) in [4.78, 5) is 29.6. The number of hydrogen-bond donors (Lipinski definition) is 2. The van der Waals surface area contributed by atoms with E-state index in [1.54, 1.807) is 18.3 Å². The van der Waals surface area contributed by atoms with Gasteiger partial charge in [-0.05, 0) is 24.3 Å². The first-order valence-corrected chi connectivity index (χ1v) is 5.19. The SMILES string of the molecule is COC(=O)c1ccc(C(=O)Nc2cccnc2)[nH]1. The molecule has 0 aliphatic carbocycles. The Morgan fingerprint density at radius 3 is 2.72 bits per heavy atom. The number of hydrogen-bond acceptors (Lipinski definition) is 4. The minimum atomic E-state index is -0.518. The van der Waals surface area contributed by atoms with Crippen LogP contribution in [-0.4, -0.2) is 29.0 Å². The lowest BCUT2D eigenvalue weighted by Crippen LogP contribution is -2.13. The Hall–Kier alpha value is -2.63. The molecule has 0 aliphatic heterocycles. The fourth-order valence-corrected chi connectivity index (χ4v) is 1.39. The lowest BCUT2D eigenvalue weighted by atomic mass is 10.3. The molecule has 0 radical (unpaired) electrons. The van der Waals surface area contributed by atoms with Gasteiger partial charge in [-0.25, -0.2) is 4.79 Å². The maximum absolute atomic E-state index is 11.8. The van der Waals surface area contributed by atoms with Crippen molar-refractivity contribution in [3.05, 3.63) is 48.0 Å². The molecule has 0 aromatic carbocycles. The van der Waals surface area contributed by atoms with Crippen molar-refractivity contribution in [1.29, 1.82) is 0 Å². The van der Waals surface area contributed by atoms with Crippen LogP contribution in [0.1, 0.15) is 21.0 Å². The quantitative estimate of drug-likeness (QED) is 0.801. The number of H-pyrrole nitrogens is 1. The molecule has 18 heavy (non-hydrogen) atoms. The van der Waals surface area contributed by atoms with Gasteiger partial charge in [0.05, 0.1) is 19.0 Å². The molecule has 2 aromatic heterocycles. The molecule has 0 aliphatic rings. The maximum atomic E-state index is 11.8. The van der Waals surface area contributed by atoms with E-state index in [1.165, 1.54) is 25.4 Å². The number of pyridine rings is 1. The van der Waals surface area contributed by atoms with Gasteiger partial charge in [-0.3, -0.25) is 9.78 Å². The third-order valence-corrected chi connectivity index (χ3v) is 2.26. The molecule has 0 unspecified atom stereocenters. The molecule has 0 saturated carbocycles. The van der Waals surface area contributed by atoms with E-state index in [0.29, 0.717) is 5.69 Å². The summed E-state index contributed by atoms with van der Waals surface area (Å²) < 4.78 is 4.54. The third kappa shape index (κ3) is 2.54. The second-order valence-electron chi connectivity index (χ2n) is 3.47. The number of rotatable bonds is 3. The fraction of sp³-hybridized carbons (Fsp3) is 0.0833. The lowest BCUT2D eigenvalue weighted by Gasteiger charge is -2.02. The van der Waals surface area contributed by atoms with Crippen LogP contribution in [0, 0.1) is 0 Å². The summed E-state index contributed by atoms with van der Waals surface area (Å²) in [5.74, 6) is -0.867. The predicted molar refractivity (Wildman–Crippen MR) is 64.3 cm³/mol. The lowest BCUT2D eigenvalue weighted by molar-refractivity contribution is 0.0595. The number of nitrogens with zero attached hydrogens (tertiary/aromatic N) is 1. The molecular formula is C12H11N3O3. The summed E-state index contributed by atoms with van der Waals surface area (Å²) >= 11 is 0. The van der Waals surface area contributed by atoms with Gasteiger partial charge < -0.3 is 15.0 Å². The molecule has 1 amide bonds. The summed E-state index contributed by atoms with van der Waals surface area (Å²) in [7, 11) is 1.28. The fourth-order valence-electron chi connectivity index (χ4n) is 1.39. The van der Waals surface area contributed by atoms with Crippen LogP contribution < -0.4 is 5.32 Å². The van der Waals surface area contributed by atoms with Crippen LogP contribution in [0.2, 0.25) is 0 Å². The predicted octanol–water partition coefficient (Wildman–Crippen LogP) is 1.45. The number of aromatic amines is 1. The molecule has 92 valence electrons. The van der Waals surface area contributed by atoms with E-state index in [2.05, 4.69) is 20.0 Å². The second-order valence-corrected chi connectivity index (χ2v) is 3.47. The molecule has 0 spiro atoms. The van der Waals surface area contributed by atoms with Gasteiger partial charge in [0, 0.05) is 6.20 Å². The zero-order valence-electron chi connectivity index (χ0n) is 9.64. The van der Waals surface area contributed by atoms with Crippen LogP contribution in [0.3, 0.4) is 0 Å². The molecule has 0 fully saturated rings. The largest absolute Gasteiger partial charge is 0.464 e. The van der Waals surface area contributed by atoms with Crippen LogP contribution in [0.15, 0.2) is 36.7 Å².